The van der Waals surface area contributed by atoms with Crippen molar-refractivity contribution in [2.45, 2.75) is 24.8 Å². The van der Waals surface area contributed by atoms with E-state index in [0.29, 0.717) is 33.9 Å². The Hall–Kier alpha value is -3.57. The zero-order valence-corrected chi connectivity index (χ0v) is 19.0. The molecule has 0 aliphatic rings. The van der Waals surface area contributed by atoms with Crippen molar-refractivity contribution in [1.82, 2.24) is 19.9 Å². The van der Waals surface area contributed by atoms with E-state index >= 15 is 0 Å². The van der Waals surface area contributed by atoms with Gasteiger partial charge in [-0.3, -0.25) is 19.9 Å². The van der Waals surface area contributed by atoms with Crippen molar-refractivity contribution in [1.29, 1.82) is 0 Å². The number of rotatable bonds is 4. The molecule has 5 nitrogen and oxygen atoms in total. The summed E-state index contributed by atoms with van der Waals surface area (Å²) >= 11 is 5.57. The highest BCUT2D eigenvalue weighted by molar-refractivity contribution is 6.16. The summed E-state index contributed by atoms with van der Waals surface area (Å²) in [6.45, 7) is -0.222. The van der Waals surface area contributed by atoms with Crippen molar-refractivity contribution >= 4 is 11.6 Å². The van der Waals surface area contributed by atoms with Gasteiger partial charge in [0.05, 0.1) is 71.2 Å². The summed E-state index contributed by atoms with van der Waals surface area (Å²) in [7, 11) is 0. The largest absolute Gasteiger partial charge is 0.416 e. The first-order valence-electron chi connectivity index (χ1n) is 10.1. The molecule has 0 aliphatic carbocycles. The molecule has 36 heavy (non-hydrogen) atoms. The lowest BCUT2D eigenvalue weighted by Gasteiger charge is -2.07. The van der Waals surface area contributed by atoms with Gasteiger partial charge >= 0.3 is 12.4 Å². The van der Waals surface area contributed by atoms with E-state index in [4.69, 9.17) is 16.7 Å². The second-order valence-corrected chi connectivity index (χ2v) is 7.50. The third-order valence-corrected chi connectivity index (χ3v) is 5.00. The number of aliphatic hydroxyl groups is 1. The Kier molecular flexibility index (Phi) is 8.59. The van der Waals surface area contributed by atoms with Gasteiger partial charge in [-0.2, -0.15) is 26.3 Å². The summed E-state index contributed by atoms with van der Waals surface area (Å²) in [4.78, 5) is 16.0. The fraction of sp³-hybridized carbons (Fsp3) is 0.167. The molecule has 0 aliphatic heterocycles. The van der Waals surface area contributed by atoms with Crippen molar-refractivity contribution in [3.63, 3.8) is 0 Å². The first-order chi connectivity index (χ1) is 17.0. The van der Waals surface area contributed by atoms with Crippen LogP contribution in [0.15, 0.2) is 73.3 Å². The molecule has 0 bridgehead atoms. The maximum Gasteiger partial charge on any atom is 0.416 e. The van der Waals surface area contributed by atoms with Crippen LogP contribution in [-0.4, -0.2) is 25.0 Å². The molecule has 2 aromatic heterocycles. The molecule has 4 rings (SSSR count). The molecular weight excluding hydrogens is 510 g/mol. The monoisotopic (exact) mass is 526 g/mol. The van der Waals surface area contributed by atoms with Crippen LogP contribution in [0.1, 0.15) is 22.5 Å². The lowest BCUT2D eigenvalue weighted by atomic mass is 10.1. The van der Waals surface area contributed by atoms with E-state index in [1.807, 2.05) is 0 Å². The number of alkyl halides is 7. The number of hydrogen-bond donors (Lipinski definition) is 1. The Morgan fingerprint density at radius 3 is 1.25 bits per heavy atom. The van der Waals surface area contributed by atoms with Gasteiger partial charge in [0.2, 0.25) is 0 Å². The number of nitrogens with zero attached hydrogens (tertiary/aromatic N) is 4. The zero-order chi connectivity index (χ0) is 26.3. The zero-order valence-electron chi connectivity index (χ0n) is 18.2. The molecule has 0 saturated carbocycles. The highest BCUT2D eigenvalue weighted by Crippen LogP contribution is 2.31. The van der Waals surface area contributed by atoms with Gasteiger partial charge < -0.3 is 5.11 Å². The van der Waals surface area contributed by atoms with Crippen LogP contribution < -0.4 is 0 Å². The summed E-state index contributed by atoms with van der Waals surface area (Å²) < 4.78 is 74.2. The van der Waals surface area contributed by atoms with Crippen molar-refractivity contribution in [2.75, 3.05) is 0 Å². The Balaban J connectivity index is 0.000000201. The normalized spacial score (nSPS) is 11.6. The number of hydrogen-bond acceptors (Lipinski definition) is 5. The van der Waals surface area contributed by atoms with E-state index in [1.165, 1.54) is 49.1 Å². The van der Waals surface area contributed by atoms with Gasteiger partial charge in [0.25, 0.3) is 0 Å². The van der Waals surface area contributed by atoms with Crippen LogP contribution in [-0.2, 0) is 24.8 Å². The fourth-order valence-corrected chi connectivity index (χ4v) is 2.96. The molecule has 4 aromatic rings. The highest BCUT2D eigenvalue weighted by atomic mass is 35.5. The minimum absolute atomic E-state index is 0.222. The van der Waals surface area contributed by atoms with Crippen LogP contribution in [0, 0.1) is 0 Å². The molecule has 0 amide bonds. The summed E-state index contributed by atoms with van der Waals surface area (Å²) in [5.74, 6) is 0.250. The topological polar surface area (TPSA) is 71.8 Å². The van der Waals surface area contributed by atoms with Crippen LogP contribution in [0.2, 0.25) is 0 Å². The second kappa shape index (κ2) is 11.4. The van der Waals surface area contributed by atoms with Crippen molar-refractivity contribution in [3.8, 4) is 22.5 Å². The van der Waals surface area contributed by atoms with Gasteiger partial charge in [-0.25, -0.2) is 0 Å². The third-order valence-electron chi connectivity index (χ3n) is 4.73. The molecule has 2 heterocycles. The van der Waals surface area contributed by atoms with Crippen LogP contribution in [0.25, 0.3) is 22.5 Å². The van der Waals surface area contributed by atoms with E-state index in [9.17, 15) is 26.3 Å². The molecule has 0 atom stereocenters. The average Bonchev–Trinajstić information content (AvgIpc) is 2.88. The van der Waals surface area contributed by atoms with Crippen LogP contribution >= 0.6 is 11.6 Å². The molecular formula is C24H17ClF6N4O. The van der Waals surface area contributed by atoms with E-state index in [0.717, 1.165) is 24.3 Å². The van der Waals surface area contributed by atoms with E-state index in [2.05, 4.69) is 19.9 Å². The van der Waals surface area contributed by atoms with E-state index < -0.39 is 23.5 Å². The smallest absolute Gasteiger partial charge is 0.390 e. The highest BCUT2D eigenvalue weighted by Gasteiger charge is 2.30. The van der Waals surface area contributed by atoms with E-state index in [1.54, 1.807) is 0 Å². The minimum Gasteiger partial charge on any atom is -0.390 e. The second-order valence-electron chi connectivity index (χ2n) is 7.23. The summed E-state index contributed by atoms with van der Waals surface area (Å²) in [6.07, 6.45) is -2.89. The average molecular weight is 527 g/mol. The Morgan fingerprint density at radius 1 is 0.583 bits per heavy atom. The van der Waals surface area contributed by atoms with Crippen molar-refractivity contribution in [3.05, 3.63) is 95.8 Å². The van der Waals surface area contributed by atoms with Crippen LogP contribution in [0.3, 0.4) is 0 Å². The van der Waals surface area contributed by atoms with Crippen molar-refractivity contribution in [2.24, 2.45) is 0 Å². The molecule has 0 unspecified atom stereocenters. The third kappa shape index (κ3) is 7.22. The lowest BCUT2D eigenvalue weighted by molar-refractivity contribution is -0.138. The first-order valence-corrected chi connectivity index (χ1v) is 10.7. The number of halogens is 7. The Labute approximate surface area is 206 Å². The maximum absolute atomic E-state index is 12.4. The van der Waals surface area contributed by atoms with E-state index in [-0.39, 0.29) is 12.5 Å². The predicted molar refractivity (Wildman–Crippen MR) is 120 cm³/mol. The Bertz CT molecular complexity index is 1140. The number of benzene rings is 2. The molecule has 0 saturated heterocycles. The van der Waals surface area contributed by atoms with Gasteiger partial charge in [0, 0.05) is 11.1 Å². The summed E-state index contributed by atoms with van der Waals surface area (Å²) in [5.41, 5.74) is 1.73. The van der Waals surface area contributed by atoms with Gasteiger partial charge in [-0.15, -0.1) is 11.6 Å². The molecule has 0 spiro atoms. The molecule has 12 heteroatoms. The molecule has 0 radical (unpaired) electrons. The number of aromatic nitrogens is 4. The number of aliphatic hydroxyl groups excluding tert-OH is 1. The van der Waals surface area contributed by atoms with Crippen molar-refractivity contribution < 1.29 is 31.4 Å². The maximum atomic E-state index is 12.4. The lowest BCUT2D eigenvalue weighted by Crippen LogP contribution is -2.04. The quantitative estimate of drug-likeness (QED) is 0.241. The molecule has 2 aromatic carbocycles. The van der Waals surface area contributed by atoms with Gasteiger partial charge in [0.15, 0.2) is 0 Å². The SMILES string of the molecule is FC(F)(F)c1ccc(-c2cnc(CCl)cn2)cc1.OCc1cnc(-c2ccc(C(F)(F)F)cc2)cn1. The molecule has 188 valence electrons. The van der Waals surface area contributed by atoms with Crippen LogP contribution in [0.5, 0.6) is 0 Å². The predicted octanol–water partition coefficient (Wildman–Crippen LogP) is 6.56. The summed E-state index contributed by atoms with van der Waals surface area (Å²) in [5, 5.41) is 8.80. The standard InChI is InChI=1S/C12H8ClF3N2.C12H9F3N2O/c13-5-10-6-18-11(7-17-10)8-1-3-9(4-2-8)12(14,15)16;13-12(14,15)9-3-1-8(2-4-9)11-6-16-10(7-18)5-17-11/h1-4,6-7H,5H2;1-6,18H,7H2. The van der Waals surface area contributed by atoms with Gasteiger partial charge in [-0.05, 0) is 24.3 Å². The summed E-state index contributed by atoms with van der Waals surface area (Å²) in [6, 6.07) is 9.45. The van der Waals surface area contributed by atoms with Gasteiger partial charge in [-0.1, -0.05) is 24.3 Å². The Morgan fingerprint density at radius 2 is 0.972 bits per heavy atom. The molecule has 0 fully saturated rings. The minimum atomic E-state index is -4.34. The molecule has 1 N–H and O–H groups in total. The van der Waals surface area contributed by atoms with Gasteiger partial charge in [0.1, 0.15) is 0 Å². The fourth-order valence-electron chi connectivity index (χ4n) is 2.82. The first kappa shape index (κ1) is 27.0. The van der Waals surface area contributed by atoms with Crippen LogP contribution in [0.4, 0.5) is 26.3 Å².